The highest BCUT2D eigenvalue weighted by atomic mass is 16.5. The van der Waals surface area contributed by atoms with Gasteiger partial charge in [0.2, 0.25) is 5.91 Å². The molecule has 5 heteroatoms. The molecule has 1 aliphatic heterocycles. The topological polar surface area (TPSA) is 58.6 Å². The highest BCUT2D eigenvalue weighted by Crippen LogP contribution is 2.31. The minimum atomic E-state index is -0.112. The molecule has 1 aromatic carbocycles. The van der Waals surface area contributed by atoms with Gasteiger partial charge in [-0.25, -0.2) is 0 Å². The van der Waals surface area contributed by atoms with Gasteiger partial charge < -0.3 is 15.0 Å². The van der Waals surface area contributed by atoms with Crippen LogP contribution in [0.4, 0.5) is 5.69 Å². The van der Waals surface area contributed by atoms with Crippen molar-refractivity contribution in [3.63, 3.8) is 0 Å². The fourth-order valence-electron chi connectivity index (χ4n) is 2.27. The SMILES string of the molecule is CCCCCNC(=O)c1ccc2c(c1)N(C)C(=O)CCO2. The van der Waals surface area contributed by atoms with Crippen LogP contribution >= 0.6 is 0 Å². The van der Waals surface area contributed by atoms with Gasteiger partial charge in [0, 0.05) is 19.2 Å². The van der Waals surface area contributed by atoms with Crippen molar-refractivity contribution in [2.75, 3.05) is 25.1 Å². The van der Waals surface area contributed by atoms with Crippen LogP contribution < -0.4 is 15.0 Å². The number of amides is 2. The molecule has 1 heterocycles. The maximum atomic E-state index is 12.1. The number of nitrogens with one attached hydrogen (secondary N) is 1. The lowest BCUT2D eigenvalue weighted by atomic mass is 10.1. The summed E-state index contributed by atoms with van der Waals surface area (Å²) >= 11 is 0. The standard InChI is InChI=1S/C16H22N2O3/c1-3-4-5-9-17-16(20)12-6-7-14-13(11-12)18(2)15(19)8-10-21-14/h6-7,11H,3-5,8-10H2,1-2H3,(H,17,20). The van der Waals surface area contributed by atoms with E-state index in [9.17, 15) is 9.59 Å². The Bertz CT molecular complexity index is 528. The van der Waals surface area contributed by atoms with Gasteiger partial charge in [0.15, 0.2) is 0 Å². The number of unbranched alkanes of at least 4 members (excludes halogenated alkanes) is 2. The van der Waals surface area contributed by atoms with Crippen LogP contribution in [0.2, 0.25) is 0 Å². The number of anilines is 1. The maximum absolute atomic E-state index is 12.1. The van der Waals surface area contributed by atoms with Crippen molar-refractivity contribution in [3.8, 4) is 5.75 Å². The summed E-state index contributed by atoms with van der Waals surface area (Å²) in [6, 6.07) is 5.21. The molecule has 0 bridgehead atoms. The average Bonchev–Trinajstić information content (AvgIpc) is 2.63. The molecule has 5 nitrogen and oxygen atoms in total. The van der Waals surface area contributed by atoms with Crippen LogP contribution in [0, 0.1) is 0 Å². The van der Waals surface area contributed by atoms with E-state index < -0.39 is 0 Å². The van der Waals surface area contributed by atoms with Gasteiger partial charge in [0.1, 0.15) is 5.75 Å². The molecule has 0 saturated heterocycles. The molecule has 1 aliphatic rings. The Kier molecular flexibility index (Phi) is 5.20. The van der Waals surface area contributed by atoms with Crippen molar-refractivity contribution in [3.05, 3.63) is 23.8 Å². The number of fused-ring (bicyclic) bond motifs is 1. The molecule has 0 radical (unpaired) electrons. The number of benzene rings is 1. The Labute approximate surface area is 125 Å². The predicted molar refractivity (Wildman–Crippen MR) is 81.8 cm³/mol. The first-order valence-corrected chi connectivity index (χ1v) is 7.45. The lowest BCUT2D eigenvalue weighted by molar-refractivity contribution is -0.118. The highest BCUT2D eigenvalue weighted by Gasteiger charge is 2.21. The number of nitrogens with zero attached hydrogens (tertiary/aromatic N) is 1. The van der Waals surface area contributed by atoms with Gasteiger partial charge in [-0.2, -0.15) is 0 Å². The summed E-state index contributed by atoms with van der Waals surface area (Å²) in [4.78, 5) is 25.5. The van der Waals surface area contributed by atoms with E-state index in [1.807, 2.05) is 0 Å². The number of carbonyl (C=O) groups excluding carboxylic acids is 2. The molecule has 0 fully saturated rings. The Hall–Kier alpha value is -2.04. The summed E-state index contributed by atoms with van der Waals surface area (Å²) < 4.78 is 5.54. The molecule has 0 unspecified atom stereocenters. The number of hydrogen-bond donors (Lipinski definition) is 1. The van der Waals surface area contributed by atoms with E-state index in [0.717, 1.165) is 19.3 Å². The van der Waals surface area contributed by atoms with Crippen LogP contribution in [-0.2, 0) is 4.79 Å². The fraction of sp³-hybridized carbons (Fsp3) is 0.500. The first kappa shape index (κ1) is 15.4. The minimum absolute atomic E-state index is 0.00532. The molecule has 1 aromatic rings. The molecule has 2 rings (SSSR count). The number of ether oxygens (including phenoxy) is 1. The molecular formula is C16H22N2O3. The molecule has 0 aromatic heterocycles. The monoisotopic (exact) mass is 290 g/mol. The van der Waals surface area contributed by atoms with E-state index in [1.165, 1.54) is 0 Å². The molecular weight excluding hydrogens is 268 g/mol. The summed E-state index contributed by atoms with van der Waals surface area (Å²) in [5, 5.41) is 2.90. The van der Waals surface area contributed by atoms with Gasteiger partial charge in [-0.1, -0.05) is 19.8 Å². The fourth-order valence-corrected chi connectivity index (χ4v) is 2.27. The second-order valence-corrected chi connectivity index (χ2v) is 5.20. The zero-order valence-corrected chi connectivity index (χ0v) is 12.6. The van der Waals surface area contributed by atoms with Crippen LogP contribution in [0.3, 0.4) is 0 Å². The van der Waals surface area contributed by atoms with E-state index in [1.54, 1.807) is 30.1 Å². The number of rotatable bonds is 5. The summed E-state index contributed by atoms with van der Waals surface area (Å²) in [6.07, 6.45) is 3.56. The van der Waals surface area contributed by atoms with E-state index in [-0.39, 0.29) is 11.8 Å². The van der Waals surface area contributed by atoms with Crippen LogP contribution in [0.15, 0.2) is 18.2 Å². The third-order valence-corrected chi connectivity index (χ3v) is 3.60. The van der Waals surface area contributed by atoms with Gasteiger partial charge in [-0.05, 0) is 24.6 Å². The Morgan fingerprint density at radius 1 is 1.38 bits per heavy atom. The predicted octanol–water partition coefficient (Wildman–Crippen LogP) is 2.35. The van der Waals surface area contributed by atoms with E-state index in [0.29, 0.717) is 36.6 Å². The van der Waals surface area contributed by atoms with E-state index >= 15 is 0 Å². The van der Waals surface area contributed by atoms with Gasteiger partial charge in [0.25, 0.3) is 5.91 Å². The second-order valence-electron chi connectivity index (χ2n) is 5.20. The maximum Gasteiger partial charge on any atom is 0.251 e. The summed E-state index contributed by atoms with van der Waals surface area (Å²) in [7, 11) is 1.71. The minimum Gasteiger partial charge on any atom is -0.491 e. The van der Waals surface area contributed by atoms with Gasteiger partial charge in [-0.3, -0.25) is 9.59 Å². The molecule has 21 heavy (non-hydrogen) atoms. The van der Waals surface area contributed by atoms with Crippen molar-refractivity contribution >= 4 is 17.5 Å². The first-order valence-electron chi connectivity index (χ1n) is 7.45. The lowest BCUT2D eigenvalue weighted by Gasteiger charge is -2.17. The van der Waals surface area contributed by atoms with Crippen molar-refractivity contribution in [2.24, 2.45) is 0 Å². The average molecular weight is 290 g/mol. The van der Waals surface area contributed by atoms with Crippen LogP contribution in [0.1, 0.15) is 43.0 Å². The van der Waals surface area contributed by atoms with Crippen LogP contribution in [0.25, 0.3) is 0 Å². The quantitative estimate of drug-likeness (QED) is 0.847. The van der Waals surface area contributed by atoms with Crippen molar-refractivity contribution < 1.29 is 14.3 Å². The molecule has 0 spiro atoms. The van der Waals surface area contributed by atoms with Crippen molar-refractivity contribution in [2.45, 2.75) is 32.6 Å². The summed E-state index contributed by atoms with van der Waals surface area (Å²) in [5.74, 6) is 0.527. The molecule has 1 N–H and O–H groups in total. The van der Waals surface area contributed by atoms with E-state index in [2.05, 4.69) is 12.2 Å². The van der Waals surface area contributed by atoms with Crippen LogP contribution in [0.5, 0.6) is 5.75 Å². The Balaban J connectivity index is 2.10. The number of hydrogen-bond acceptors (Lipinski definition) is 3. The normalized spacial score (nSPS) is 14.2. The van der Waals surface area contributed by atoms with Gasteiger partial charge in [0.05, 0.1) is 18.7 Å². The van der Waals surface area contributed by atoms with Gasteiger partial charge in [-0.15, -0.1) is 0 Å². The lowest BCUT2D eigenvalue weighted by Crippen LogP contribution is -2.27. The zero-order valence-electron chi connectivity index (χ0n) is 12.6. The Morgan fingerprint density at radius 2 is 2.19 bits per heavy atom. The molecule has 0 aliphatic carbocycles. The highest BCUT2D eigenvalue weighted by molar-refractivity contribution is 5.99. The van der Waals surface area contributed by atoms with Crippen molar-refractivity contribution in [1.29, 1.82) is 0 Å². The molecule has 0 saturated carbocycles. The summed E-state index contributed by atoms with van der Waals surface area (Å²) in [5.41, 5.74) is 1.20. The molecule has 114 valence electrons. The van der Waals surface area contributed by atoms with Gasteiger partial charge >= 0.3 is 0 Å². The molecule has 2 amide bonds. The Morgan fingerprint density at radius 3 is 2.95 bits per heavy atom. The van der Waals surface area contributed by atoms with E-state index in [4.69, 9.17) is 4.74 Å². The largest absolute Gasteiger partial charge is 0.491 e. The first-order chi connectivity index (χ1) is 10.1. The van der Waals surface area contributed by atoms with Crippen molar-refractivity contribution in [1.82, 2.24) is 5.32 Å². The zero-order chi connectivity index (χ0) is 15.2. The van der Waals surface area contributed by atoms with Crippen LogP contribution in [-0.4, -0.2) is 32.0 Å². The molecule has 0 atom stereocenters. The third-order valence-electron chi connectivity index (χ3n) is 3.60. The third kappa shape index (κ3) is 3.74. The number of carbonyl (C=O) groups is 2. The summed E-state index contributed by atoms with van der Waals surface area (Å²) in [6.45, 7) is 3.18. The smallest absolute Gasteiger partial charge is 0.251 e. The second kappa shape index (κ2) is 7.11.